The van der Waals surface area contributed by atoms with E-state index in [1.54, 1.807) is 31.3 Å². The smallest absolute Gasteiger partial charge is 0.401 e. The second-order valence-electron chi connectivity index (χ2n) is 8.85. The van der Waals surface area contributed by atoms with Crippen molar-refractivity contribution in [2.45, 2.75) is 36.9 Å². The molecular formula is C22H30N7O8P+2. The lowest BCUT2D eigenvalue weighted by Gasteiger charge is -2.25. The number of hydrogen-bond donors (Lipinski definition) is 6. The molecule has 4 rings (SSSR count). The fraction of sp³-hybridized carbons (Fsp3) is 0.455. The van der Waals surface area contributed by atoms with E-state index in [4.69, 9.17) is 9.47 Å². The van der Waals surface area contributed by atoms with E-state index in [1.807, 2.05) is 5.09 Å². The number of methoxy groups -OCH3 is 1. The van der Waals surface area contributed by atoms with E-state index in [9.17, 15) is 29.4 Å². The number of fused-ring (bicyclic) bond motifs is 1. The first-order valence-electron chi connectivity index (χ1n) is 11.6. The minimum absolute atomic E-state index is 0.0770. The highest BCUT2D eigenvalue weighted by Crippen LogP contribution is 2.30. The standard InChI is InChI=1S/C22H28N7O8P/c1-28(2)19-17-20(24-10-23-19)29(11-25-17)22-18(31)16(15(9-30)37-22)26-21(32)14(27-38(33,34)35)8-12-4-6-13(36-3)7-5-12/h4-7,11,14-16,18,22,30-31H,1,8-10H2,2-3H3,(H2-2,26,27,32,33,34,35)/p+2/t14-,15+,16+,18+,22+/m0/s1. The molecule has 0 radical (unpaired) electrons. The fourth-order valence-corrected chi connectivity index (χ4v) is 4.98. The third kappa shape index (κ3) is 5.94. The van der Waals surface area contributed by atoms with Gasteiger partial charge in [-0.1, -0.05) is 22.1 Å². The summed E-state index contributed by atoms with van der Waals surface area (Å²) in [5.41, 5.74) is 1.04. The predicted octanol–water partition coefficient (Wildman–Crippen LogP) is -2.54. The van der Waals surface area contributed by atoms with Crippen LogP contribution in [-0.4, -0.2) is 123 Å². The minimum atomic E-state index is -4.81. The Balaban J connectivity index is 1.50. The van der Waals surface area contributed by atoms with E-state index in [0.29, 0.717) is 28.7 Å². The van der Waals surface area contributed by atoms with Crippen LogP contribution in [0.2, 0.25) is 0 Å². The average molecular weight is 551 g/mol. The highest BCUT2D eigenvalue weighted by molar-refractivity contribution is 7.49. The Morgan fingerprint density at radius 2 is 2.05 bits per heavy atom. The molecule has 0 spiro atoms. The van der Waals surface area contributed by atoms with Crippen molar-refractivity contribution in [3.63, 3.8) is 0 Å². The number of carbonyl (C=O) groups excluding carboxylic acids is 1. The molecule has 16 heteroatoms. The summed E-state index contributed by atoms with van der Waals surface area (Å²) < 4.78 is 25.7. The Morgan fingerprint density at radius 3 is 2.66 bits per heavy atom. The number of aliphatic hydroxyl groups is 2. The summed E-state index contributed by atoms with van der Waals surface area (Å²) in [5, 5.41) is 25.7. The van der Waals surface area contributed by atoms with Crippen molar-refractivity contribution in [3.8, 4) is 5.75 Å². The molecule has 38 heavy (non-hydrogen) atoms. The molecule has 3 aliphatic rings. The van der Waals surface area contributed by atoms with E-state index >= 15 is 0 Å². The maximum atomic E-state index is 13.2. The van der Waals surface area contributed by atoms with Crippen LogP contribution in [0.1, 0.15) is 5.56 Å². The van der Waals surface area contributed by atoms with Crippen LogP contribution in [0.5, 0.6) is 5.75 Å². The second-order valence-corrected chi connectivity index (χ2v) is 10.2. The second kappa shape index (κ2) is 11.3. The third-order valence-corrected chi connectivity index (χ3v) is 6.81. The molecule has 3 aliphatic heterocycles. The van der Waals surface area contributed by atoms with E-state index in [2.05, 4.69) is 27.0 Å². The van der Waals surface area contributed by atoms with Crippen LogP contribution in [0.15, 0.2) is 39.2 Å². The number of aliphatic imine (C=N–C) groups is 3. The molecule has 204 valence electrons. The van der Waals surface area contributed by atoms with Gasteiger partial charge in [0, 0.05) is 0 Å². The van der Waals surface area contributed by atoms with Crippen molar-refractivity contribution in [1.82, 2.24) is 10.4 Å². The number of amides is 1. The van der Waals surface area contributed by atoms with Gasteiger partial charge in [0.05, 0.1) is 33.5 Å². The number of hydrogen-bond acceptors (Lipinski definition) is 9. The lowest BCUT2D eigenvalue weighted by atomic mass is 10.0. The van der Waals surface area contributed by atoms with Crippen molar-refractivity contribution >= 4 is 44.1 Å². The van der Waals surface area contributed by atoms with Gasteiger partial charge in [-0.15, -0.1) is 0 Å². The molecule has 0 unspecified atom stereocenters. The Kier molecular flexibility index (Phi) is 8.28. The first-order valence-corrected chi connectivity index (χ1v) is 13.2. The molecule has 3 heterocycles. The van der Waals surface area contributed by atoms with E-state index in [-0.39, 0.29) is 13.1 Å². The highest BCUT2D eigenvalue weighted by atomic mass is 31.2. The van der Waals surface area contributed by atoms with Crippen LogP contribution in [-0.2, 0) is 20.5 Å². The number of carbonyl (C=O) groups is 1. The molecule has 15 nitrogen and oxygen atoms in total. The molecule has 0 saturated carbocycles. The van der Waals surface area contributed by atoms with Crippen LogP contribution in [0.4, 0.5) is 0 Å². The van der Waals surface area contributed by atoms with Crippen molar-refractivity contribution in [1.29, 1.82) is 0 Å². The first-order chi connectivity index (χ1) is 18.0. The molecule has 1 amide bonds. The molecular weight excluding hydrogens is 521 g/mol. The Morgan fingerprint density at radius 1 is 1.34 bits per heavy atom. The van der Waals surface area contributed by atoms with E-state index in [1.165, 1.54) is 22.6 Å². The van der Waals surface area contributed by atoms with Crippen molar-refractivity contribution < 1.29 is 48.0 Å². The van der Waals surface area contributed by atoms with E-state index < -0.39 is 50.8 Å². The van der Waals surface area contributed by atoms with Crippen molar-refractivity contribution in [2.75, 3.05) is 27.4 Å². The molecule has 1 aromatic carbocycles. The summed E-state index contributed by atoms with van der Waals surface area (Å²) in [5.74, 6) is 0.657. The molecule has 1 saturated heterocycles. The molecule has 5 atom stereocenters. The quantitative estimate of drug-likeness (QED) is 0.109. The Hall–Kier alpha value is -3.17. The number of rotatable bonds is 9. The van der Waals surface area contributed by atoms with Gasteiger partial charge >= 0.3 is 25.1 Å². The molecule has 1 fully saturated rings. The predicted molar refractivity (Wildman–Crippen MR) is 136 cm³/mol. The summed E-state index contributed by atoms with van der Waals surface area (Å²) in [6, 6.07) is 4.15. The summed E-state index contributed by atoms with van der Waals surface area (Å²) in [4.78, 5) is 45.1. The van der Waals surface area contributed by atoms with Gasteiger partial charge in [0.15, 0.2) is 0 Å². The van der Waals surface area contributed by atoms with Gasteiger partial charge in [-0.25, -0.2) is 18.8 Å². The summed E-state index contributed by atoms with van der Waals surface area (Å²) in [7, 11) is -1.61. The summed E-state index contributed by atoms with van der Waals surface area (Å²) in [6.07, 6.45) is -2.12. The number of benzene rings is 1. The van der Waals surface area contributed by atoms with Crippen molar-refractivity contribution in [3.05, 3.63) is 29.8 Å². The number of nitrogens with zero attached hydrogens (tertiary/aromatic N) is 5. The fourth-order valence-electron chi connectivity index (χ4n) is 4.37. The van der Waals surface area contributed by atoms with Gasteiger partial charge in [-0.05, 0) is 29.1 Å². The lowest BCUT2D eigenvalue weighted by molar-refractivity contribution is -0.517. The minimum Gasteiger partial charge on any atom is -0.497 e. The monoisotopic (exact) mass is 551 g/mol. The molecule has 0 aliphatic carbocycles. The number of nitrogens with one attached hydrogen (secondary N) is 2. The van der Waals surface area contributed by atoms with Gasteiger partial charge < -0.3 is 34.8 Å². The SMILES string of the molecule is C=[N+](C)C1=NCN=C2C1=NC=[N+]2[C@@H]1O[C@H](CO)[C@@H](NC(=O)[C@H](Cc2ccc(OC)cc2)NP(=O)(O)O)[C@H]1O. The maximum Gasteiger partial charge on any atom is 0.401 e. The third-order valence-electron chi connectivity index (χ3n) is 6.16. The van der Waals surface area contributed by atoms with Gasteiger partial charge in [0.2, 0.25) is 18.5 Å². The zero-order valence-electron chi connectivity index (χ0n) is 20.7. The summed E-state index contributed by atoms with van der Waals surface area (Å²) in [6.45, 7) is 3.38. The van der Waals surface area contributed by atoms with Crippen LogP contribution in [0.25, 0.3) is 0 Å². The normalized spacial score (nSPS) is 25.5. The number of aliphatic hydroxyl groups excluding tert-OH is 2. The highest BCUT2D eigenvalue weighted by Gasteiger charge is 2.52. The van der Waals surface area contributed by atoms with Gasteiger partial charge in [0.1, 0.15) is 24.0 Å². The number of ether oxygens (including phenoxy) is 2. The molecule has 6 N–H and O–H groups in total. The van der Waals surface area contributed by atoms with Crippen molar-refractivity contribution in [2.24, 2.45) is 15.0 Å². The number of amidine groups is 2. The van der Waals surface area contributed by atoms with Crippen LogP contribution >= 0.6 is 7.75 Å². The van der Waals surface area contributed by atoms with Gasteiger partial charge in [-0.3, -0.25) is 4.79 Å². The first kappa shape index (κ1) is 27.9. The Bertz CT molecular complexity index is 1270. The van der Waals surface area contributed by atoms with Gasteiger partial charge in [0.25, 0.3) is 6.67 Å². The van der Waals surface area contributed by atoms with Crippen LogP contribution < -0.4 is 15.1 Å². The zero-order valence-corrected chi connectivity index (χ0v) is 21.6. The van der Waals surface area contributed by atoms with Crippen LogP contribution in [0.3, 0.4) is 0 Å². The molecule has 0 aromatic heterocycles. The lowest BCUT2D eigenvalue weighted by Crippen LogP contribution is -2.55. The topological polar surface area (TPSA) is 201 Å². The maximum absolute atomic E-state index is 13.2. The molecule has 1 aromatic rings. The summed E-state index contributed by atoms with van der Waals surface area (Å²) >= 11 is 0. The van der Waals surface area contributed by atoms with Crippen LogP contribution in [0, 0.1) is 0 Å². The Labute approximate surface area is 217 Å². The molecule has 0 bridgehead atoms. The largest absolute Gasteiger partial charge is 0.497 e. The van der Waals surface area contributed by atoms with E-state index in [0.717, 1.165) is 0 Å². The zero-order chi connectivity index (χ0) is 27.6. The average Bonchev–Trinajstić information content (AvgIpc) is 3.43. The van der Waals surface area contributed by atoms with Gasteiger partial charge in [-0.2, -0.15) is 0 Å².